The number of piperidine rings is 1. The van der Waals surface area contributed by atoms with Gasteiger partial charge in [0.1, 0.15) is 6.04 Å². The van der Waals surface area contributed by atoms with Crippen LogP contribution in [0.5, 0.6) is 0 Å². The Morgan fingerprint density at radius 3 is 2.58 bits per heavy atom. The van der Waals surface area contributed by atoms with Crippen LogP contribution in [0.1, 0.15) is 46.0 Å². The first-order chi connectivity index (χ1) is 12.3. The van der Waals surface area contributed by atoms with Gasteiger partial charge in [0.15, 0.2) is 0 Å². The van der Waals surface area contributed by atoms with E-state index in [1.807, 2.05) is 0 Å². The lowest BCUT2D eigenvalue weighted by Gasteiger charge is -2.43. The molecule has 0 unspecified atom stereocenters. The number of carbonyl (C=O) groups excluding carboxylic acids is 3. The highest BCUT2D eigenvalue weighted by Gasteiger charge is 2.53. The van der Waals surface area contributed by atoms with Crippen LogP contribution in [0.3, 0.4) is 0 Å². The van der Waals surface area contributed by atoms with Crippen molar-refractivity contribution in [1.82, 2.24) is 4.90 Å². The largest absolute Gasteiger partial charge is 0.467 e. The standard InChI is InChI=1S/C18H29NO7/c1-11(10-20)14-8-7-12(2)18(24,26-14)15(21)16(22)19-9-5-4-6-13(19)17(23)25-3/h11-14,20,24H,4-10H2,1-3H3/t11-,12+,13-,14-,18+/m0/s1. The molecule has 2 heterocycles. The van der Waals surface area contributed by atoms with E-state index in [9.17, 15) is 24.6 Å². The smallest absolute Gasteiger partial charge is 0.328 e. The monoisotopic (exact) mass is 371 g/mol. The van der Waals surface area contributed by atoms with Gasteiger partial charge in [-0.1, -0.05) is 13.8 Å². The number of carbonyl (C=O) groups is 3. The molecular formula is C18H29NO7. The molecule has 0 spiro atoms. The van der Waals surface area contributed by atoms with Crippen LogP contribution in [0.4, 0.5) is 0 Å². The van der Waals surface area contributed by atoms with Crippen molar-refractivity contribution in [3.8, 4) is 0 Å². The van der Waals surface area contributed by atoms with Crippen molar-refractivity contribution >= 4 is 17.7 Å². The molecule has 8 heteroatoms. The van der Waals surface area contributed by atoms with Gasteiger partial charge in [-0.3, -0.25) is 9.59 Å². The van der Waals surface area contributed by atoms with Crippen LogP contribution in [0.15, 0.2) is 0 Å². The normalized spacial score (nSPS) is 33.4. The van der Waals surface area contributed by atoms with Crippen molar-refractivity contribution in [2.24, 2.45) is 11.8 Å². The lowest BCUT2D eigenvalue weighted by Crippen LogP contribution is -2.61. The Morgan fingerprint density at radius 2 is 1.96 bits per heavy atom. The van der Waals surface area contributed by atoms with Gasteiger partial charge in [-0.2, -0.15) is 0 Å². The molecule has 0 radical (unpaired) electrons. The summed E-state index contributed by atoms with van der Waals surface area (Å²) in [5, 5.41) is 20.2. The molecule has 2 N–H and O–H groups in total. The van der Waals surface area contributed by atoms with Gasteiger partial charge in [-0.25, -0.2) is 4.79 Å². The SMILES string of the molecule is COC(=O)[C@@H]1CCCCN1C(=O)C(=O)[C@]1(O)O[C@H]([C@@H](C)CO)CC[C@H]1C. The Hall–Kier alpha value is -1.51. The summed E-state index contributed by atoms with van der Waals surface area (Å²) >= 11 is 0. The molecule has 0 aromatic rings. The minimum absolute atomic E-state index is 0.145. The molecule has 2 aliphatic rings. The zero-order chi connectivity index (χ0) is 19.5. The number of aliphatic hydroxyl groups excluding tert-OH is 1. The van der Waals surface area contributed by atoms with E-state index in [-0.39, 0.29) is 19.1 Å². The first-order valence-corrected chi connectivity index (χ1v) is 9.20. The Labute approximate surface area is 153 Å². The number of ether oxygens (including phenoxy) is 2. The Morgan fingerprint density at radius 1 is 1.27 bits per heavy atom. The van der Waals surface area contributed by atoms with E-state index in [0.29, 0.717) is 25.7 Å². The maximum absolute atomic E-state index is 12.9. The molecule has 8 nitrogen and oxygen atoms in total. The van der Waals surface area contributed by atoms with E-state index in [0.717, 1.165) is 6.42 Å². The van der Waals surface area contributed by atoms with Crippen molar-refractivity contribution in [2.75, 3.05) is 20.3 Å². The Bertz CT molecular complexity index is 552. The number of ketones is 1. The summed E-state index contributed by atoms with van der Waals surface area (Å²) in [6.45, 7) is 3.52. The molecule has 1 amide bonds. The minimum atomic E-state index is -2.25. The van der Waals surface area contributed by atoms with Gasteiger partial charge in [0.05, 0.1) is 13.2 Å². The van der Waals surface area contributed by atoms with Crippen molar-refractivity contribution < 1.29 is 34.1 Å². The summed E-state index contributed by atoms with van der Waals surface area (Å²) in [7, 11) is 1.24. The molecule has 2 aliphatic heterocycles. The average molecular weight is 371 g/mol. The van der Waals surface area contributed by atoms with Crippen LogP contribution in [-0.4, -0.2) is 71.0 Å². The average Bonchev–Trinajstić information content (AvgIpc) is 2.67. The van der Waals surface area contributed by atoms with Crippen LogP contribution in [-0.2, 0) is 23.9 Å². The summed E-state index contributed by atoms with van der Waals surface area (Å²) in [5.74, 6) is -5.64. The quantitative estimate of drug-likeness (QED) is 0.526. The molecule has 5 atom stereocenters. The fourth-order valence-electron chi connectivity index (χ4n) is 3.65. The number of likely N-dealkylation sites (tertiary alicyclic amines) is 1. The maximum Gasteiger partial charge on any atom is 0.328 e. The van der Waals surface area contributed by atoms with E-state index < -0.39 is 41.5 Å². The number of aliphatic hydroxyl groups is 2. The fourth-order valence-corrected chi connectivity index (χ4v) is 3.65. The number of hydrogen-bond acceptors (Lipinski definition) is 7. The lowest BCUT2D eigenvalue weighted by atomic mass is 9.84. The highest BCUT2D eigenvalue weighted by molar-refractivity contribution is 6.39. The first-order valence-electron chi connectivity index (χ1n) is 9.20. The molecule has 2 saturated heterocycles. The molecule has 2 fully saturated rings. The summed E-state index contributed by atoms with van der Waals surface area (Å²) in [6, 6.07) is -0.820. The molecule has 0 saturated carbocycles. The Balaban J connectivity index is 2.21. The van der Waals surface area contributed by atoms with Gasteiger partial charge in [0, 0.05) is 25.0 Å². The zero-order valence-electron chi connectivity index (χ0n) is 15.6. The van der Waals surface area contributed by atoms with Crippen molar-refractivity contribution in [3.05, 3.63) is 0 Å². The third-order valence-electron chi connectivity index (χ3n) is 5.56. The van der Waals surface area contributed by atoms with Crippen molar-refractivity contribution in [1.29, 1.82) is 0 Å². The second-order valence-corrected chi connectivity index (χ2v) is 7.35. The topological polar surface area (TPSA) is 113 Å². The highest BCUT2D eigenvalue weighted by atomic mass is 16.6. The van der Waals surface area contributed by atoms with Crippen LogP contribution >= 0.6 is 0 Å². The predicted octanol–water partition coefficient (Wildman–Crippen LogP) is 0.242. The number of nitrogens with zero attached hydrogens (tertiary/aromatic N) is 1. The van der Waals surface area contributed by atoms with Crippen molar-refractivity contribution in [3.63, 3.8) is 0 Å². The van der Waals surface area contributed by atoms with Gasteiger partial charge < -0.3 is 24.6 Å². The van der Waals surface area contributed by atoms with Gasteiger partial charge in [0.2, 0.25) is 5.79 Å². The van der Waals surface area contributed by atoms with Gasteiger partial charge in [-0.15, -0.1) is 0 Å². The van der Waals surface area contributed by atoms with Crippen molar-refractivity contribution in [2.45, 2.75) is 63.9 Å². The summed E-state index contributed by atoms with van der Waals surface area (Å²) in [6.07, 6.45) is 2.41. The molecule has 26 heavy (non-hydrogen) atoms. The van der Waals surface area contributed by atoms with Gasteiger partial charge >= 0.3 is 5.97 Å². The zero-order valence-corrected chi connectivity index (χ0v) is 15.6. The molecule has 2 rings (SSSR count). The van der Waals surface area contributed by atoms with Gasteiger partial charge in [-0.05, 0) is 32.1 Å². The predicted molar refractivity (Wildman–Crippen MR) is 90.8 cm³/mol. The number of amides is 1. The molecular weight excluding hydrogens is 342 g/mol. The number of methoxy groups -OCH3 is 1. The molecule has 0 aliphatic carbocycles. The second kappa shape index (κ2) is 8.45. The van der Waals surface area contributed by atoms with E-state index in [4.69, 9.17) is 9.47 Å². The number of hydrogen-bond donors (Lipinski definition) is 2. The molecule has 0 aromatic carbocycles. The van der Waals surface area contributed by atoms with Crippen LogP contribution in [0.2, 0.25) is 0 Å². The minimum Gasteiger partial charge on any atom is -0.467 e. The van der Waals surface area contributed by atoms with Gasteiger partial charge in [0.25, 0.3) is 11.7 Å². The van der Waals surface area contributed by atoms with E-state index >= 15 is 0 Å². The molecule has 148 valence electrons. The van der Waals surface area contributed by atoms with Crippen LogP contribution in [0.25, 0.3) is 0 Å². The molecule has 0 bridgehead atoms. The summed E-state index contributed by atoms with van der Waals surface area (Å²) < 4.78 is 10.4. The number of Topliss-reactive ketones (excluding diaryl/α,β-unsaturated/α-hetero) is 1. The number of esters is 1. The first kappa shape index (κ1) is 20.8. The van der Waals surface area contributed by atoms with E-state index in [1.165, 1.54) is 12.0 Å². The van der Waals surface area contributed by atoms with Crippen LogP contribution in [0, 0.1) is 11.8 Å². The second-order valence-electron chi connectivity index (χ2n) is 7.35. The number of rotatable bonds is 5. The fraction of sp³-hybridized carbons (Fsp3) is 0.833. The van der Waals surface area contributed by atoms with E-state index in [1.54, 1.807) is 13.8 Å². The van der Waals surface area contributed by atoms with E-state index in [2.05, 4.69) is 0 Å². The van der Waals surface area contributed by atoms with Crippen LogP contribution < -0.4 is 0 Å². The highest BCUT2D eigenvalue weighted by Crippen LogP contribution is 2.36. The third kappa shape index (κ3) is 3.92. The summed E-state index contributed by atoms with van der Waals surface area (Å²) in [5.41, 5.74) is 0. The maximum atomic E-state index is 12.9. The lowest BCUT2D eigenvalue weighted by molar-refractivity contribution is -0.271. The third-order valence-corrected chi connectivity index (χ3v) is 5.56. The molecule has 0 aromatic heterocycles. The Kier molecular flexibility index (Phi) is 6.76. The summed E-state index contributed by atoms with van der Waals surface area (Å²) in [4.78, 5) is 38.8.